The molecule has 1 aliphatic heterocycles. The van der Waals surface area contributed by atoms with Gasteiger partial charge in [0.05, 0.1) is 13.2 Å². The largest absolute Gasteiger partial charge is 1.00 e. The predicted molar refractivity (Wildman–Crippen MR) is 164 cm³/mol. The standard InChI is InChI=1S/C33H30ClN2O3P.ClH/c1-25-17-19-26(20-18-25)32(37)35-30(33(38)36-21-23-39-24-22-36)31(34)40(27-11-5-2-6-12-27,28-13-7-3-8-14-28)29-15-9-4-10-16-29;/h2-20H,21-24H2,1H3;1H/b31-30-;. The summed E-state index contributed by atoms with van der Waals surface area (Å²) < 4.78 is 5.83. The van der Waals surface area contributed by atoms with E-state index in [4.69, 9.17) is 16.3 Å². The summed E-state index contributed by atoms with van der Waals surface area (Å²) >= 11 is 7.58. The van der Waals surface area contributed by atoms with Gasteiger partial charge in [0.2, 0.25) is 4.77 Å². The average Bonchev–Trinajstić information content (AvgIpc) is 3.02. The Labute approximate surface area is 252 Å². The van der Waals surface area contributed by atoms with Gasteiger partial charge in [0.15, 0.2) is 13.0 Å². The zero-order valence-corrected chi connectivity index (χ0v) is 25.1. The van der Waals surface area contributed by atoms with E-state index >= 15 is 0 Å². The molecule has 0 atom stereocenters. The molecule has 0 unspecified atom stereocenters. The van der Waals surface area contributed by atoms with Gasteiger partial charge in [0.25, 0.3) is 11.8 Å². The predicted octanol–water partition coefficient (Wildman–Crippen LogP) is 1.99. The second-order valence-electron chi connectivity index (χ2n) is 9.57. The number of nitrogens with zero attached hydrogens (tertiary/aromatic N) is 1. The molecule has 1 N–H and O–H groups in total. The van der Waals surface area contributed by atoms with Crippen molar-refractivity contribution in [3.8, 4) is 0 Å². The molecule has 0 spiro atoms. The number of halogens is 2. The van der Waals surface area contributed by atoms with E-state index < -0.39 is 7.26 Å². The number of hydrogen-bond acceptors (Lipinski definition) is 3. The number of morpholine rings is 1. The lowest BCUT2D eigenvalue weighted by molar-refractivity contribution is -0.131. The minimum atomic E-state index is -2.81. The summed E-state index contributed by atoms with van der Waals surface area (Å²) in [6.07, 6.45) is 0. The van der Waals surface area contributed by atoms with Crippen LogP contribution < -0.4 is 33.6 Å². The minimum absolute atomic E-state index is 0. The molecule has 41 heavy (non-hydrogen) atoms. The van der Waals surface area contributed by atoms with Crippen LogP contribution in [-0.4, -0.2) is 43.0 Å². The topological polar surface area (TPSA) is 58.6 Å². The molecule has 0 aromatic heterocycles. The van der Waals surface area contributed by atoms with Gasteiger partial charge in [0, 0.05) is 18.7 Å². The summed E-state index contributed by atoms with van der Waals surface area (Å²) in [5.74, 6) is -0.706. The fourth-order valence-electron chi connectivity index (χ4n) is 4.92. The maximum absolute atomic E-state index is 14.2. The van der Waals surface area contributed by atoms with Crippen LogP contribution in [0.2, 0.25) is 0 Å². The number of hydrogen-bond donors (Lipinski definition) is 1. The quantitative estimate of drug-likeness (QED) is 0.259. The Hall–Kier alpha value is -3.47. The summed E-state index contributed by atoms with van der Waals surface area (Å²) in [4.78, 5) is 29.5. The molecule has 0 radical (unpaired) electrons. The molecule has 0 saturated carbocycles. The van der Waals surface area contributed by atoms with Crippen molar-refractivity contribution in [1.29, 1.82) is 0 Å². The number of rotatable bonds is 7. The van der Waals surface area contributed by atoms with Crippen LogP contribution in [-0.2, 0) is 9.53 Å². The van der Waals surface area contributed by atoms with E-state index in [1.807, 2.05) is 73.7 Å². The normalized spacial score (nSPS) is 14.0. The van der Waals surface area contributed by atoms with Crippen LogP contribution in [0.3, 0.4) is 0 Å². The van der Waals surface area contributed by atoms with Crippen LogP contribution in [0.1, 0.15) is 15.9 Å². The van der Waals surface area contributed by atoms with Crippen molar-refractivity contribution in [2.24, 2.45) is 0 Å². The smallest absolute Gasteiger partial charge is 0.275 e. The van der Waals surface area contributed by atoms with E-state index in [-0.39, 0.29) is 29.9 Å². The molecule has 8 heteroatoms. The summed E-state index contributed by atoms with van der Waals surface area (Å²) in [6, 6.07) is 37.3. The maximum Gasteiger partial charge on any atom is 0.275 e. The number of nitrogens with one attached hydrogen (secondary N) is 1. The van der Waals surface area contributed by atoms with Crippen LogP contribution in [0.4, 0.5) is 0 Å². The van der Waals surface area contributed by atoms with Crippen molar-refractivity contribution in [3.63, 3.8) is 0 Å². The van der Waals surface area contributed by atoms with E-state index in [0.717, 1.165) is 21.5 Å². The molecule has 5 rings (SSSR count). The summed E-state index contributed by atoms with van der Waals surface area (Å²) in [5.41, 5.74) is 1.58. The first-order chi connectivity index (χ1) is 19.5. The van der Waals surface area contributed by atoms with Crippen LogP contribution >= 0.6 is 18.9 Å². The average molecular weight is 606 g/mol. The van der Waals surface area contributed by atoms with Gasteiger partial charge in [-0.1, -0.05) is 72.3 Å². The SMILES string of the molecule is Cc1ccc(C(=O)N/C(C(=O)N2CCOCC2)=C(/Cl)[P+](c2ccccc2)(c2ccccc2)c2ccccc2)cc1.[Cl-]. The first-order valence-electron chi connectivity index (χ1n) is 13.2. The van der Waals surface area contributed by atoms with Crippen molar-refractivity contribution in [3.05, 3.63) is 137 Å². The van der Waals surface area contributed by atoms with Gasteiger partial charge in [0.1, 0.15) is 15.9 Å². The third-order valence-electron chi connectivity index (χ3n) is 7.00. The monoisotopic (exact) mass is 604 g/mol. The van der Waals surface area contributed by atoms with Crippen molar-refractivity contribution in [2.75, 3.05) is 26.3 Å². The third kappa shape index (κ3) is 6.39. The summed E-state index contributed by atoms with van der Waals surface area (Å²) in [7, 11) is -2.81. The van der Waals surface area contributed by atoms with Crippen LogP contribution in [0.15, 0.2) is 126 Å². The van der Waals surface area contributed by atoms with E-state index in [0.29, 0.717) is 36.6 Å². The maximum atomic E-state index is 14.2. The lowest BCUT2D eigenvalue weighted by Gasteiger charge is -2.31. The Balaban J connectivity index is 0.00000387. The number of amides is 2. The summed E-state index contributed by atoms with van der Waals surface area (Å²) in [6.45, 7) is 3.66. The first kappa shape index (κ1) is 30.5. The highest BCUT2D eigenvalue weighted by molar-refractivity contribution is 8.00. The summed E-state index contributed by atoms with van der Waals surface area (Å²) in [5, 5.41) is 5.91. The van der Waals surface area contributed by atoms with E-state index in [2.05, 4.69) is 41.7 Å². The van der Waals surface area contributed by atoms with Gasteiger partial charge in [-0.25, -0.2) is 0 Å². The van der Waals surface area contributed by atoms with Gasteiger partial charge in [-0.2, -0.15) is 0 Å². The molecule has 5 nitrogen and oxygen atoms in total. The fraction of sp³-hybridized carbons (Fsp3) is 0.152. The molecular weight excluding hydrogens is 574 g/mol. The Bertz CT molecular complexity index is 1400. The van der Waals surface area contributed by atoms with Crippen molar-refractivity contribution >= 4 is 46.6 Å². The van der Waals surface area contributed by atoms with E-state index in [1.165, 1.54) is 0 Å². The van der Waals surface area contributed by atoms with Gasteiger partial charge >= 0.3 is 0 Å². The molecule has 4 aromatic carbocycles. The van der Waals surface area contributed by atoms with Crippen molar-refractivity contribution in [2.45, 2.75) is 6.92 Å². The van der Waals surface area contributed by atoms with Gasteiger partial charge in [-0.05, 0) is 67.1 Å². The molecule has 1 saturated heterocycles. The molecule has 210 valence electrons. The number of aryl methyl sites for hydroxylation is 1. The number of carbonyl (C=O) groups is 2. The Morgan fingerprint density at radius 2 is 1.17 bits per heavy atom. The zero-order valence-electron chi connectivity index (χ0n) is 22.7. The molecular formula is C33H31Cl2N2O3P. The zero-order chi connectivity index (χ0) is 28.0. The lowest BCUT2D eigenvalue weighted by atomic mass is 10.1. The lowest BCUT2D eigenvalue weighted by Crippen LogP contribution is -3.00. The van der Waals surface area contributed by atoms with Crippen LogP contribution in [0.25, 0.3) is 0 Å². The third-order valence-corrected chi connectivity index (χ3v) is 12.0. The number of ether oxygens (including phenoxy) is 1. The fourth-order valence-corrected chi connectivity index (χ4v) is 9.84. The second-order valence-corrected chi connectivity index (χ2v) is 13.5. The number of carbonyl (C=O) groups excluding carboxylic acids is 2. The highest BCUT2D eigenvalue weighted by atomic mass is 35.5. The molecule has 0 bridgehead atoms. The van der Waals surface area contributed by atoms with E-state index in [1.54, 1.807) is 17.0 Å². The highest BCUT2D eigenvalue weighted by Crippen LogP contribution is 2.64. The Morgan fingerprint density at radius 1 is 0.732 bits per heavy atom. The van der Waals surface area contributed by atoms with Crippen LogP contribution in [0, 0.1) is 6.92 Å². The minimum Gasteiger partial charge on any atom is -1.00 e. The van der Waals surface area contributed by atoms with Gasteiger partial charge in [-0.3, -0.25) is 9.59 Å². The van der Waals surface area contributed by atoms with Crippen molar-refractivity contribution in [1.82, 2.24) is 10.2 Å². The molecule has 1 aliphatic rings. The highest BCUT2D eigenvalue weighted by Gasteiger charge is 2.52. The van der Waals surface area contributed by atoms with E-state index in [9.17, 15) is 9.59 Å². The van der Waals surface area contributed by atoms with Crippen LogP contribution in [0.5, 0.6) is 0 Å². The Morgan fingerprint density at radius 3 is 1.61 bits per heavy atom. The Kier molecular flexibility index (Phi) is 10.4. The molecule has 1 fully saturated rings. The van der Waals surface area contributed by atoms with Crippen molar-refractivity contribution < 1.29 is 26.7 Å². The molecule has 4 aromatic rings. The van der Waals surface area contributed by atoms with Gasteiger partial charge in [-0.15, -0.1) is 0 Å². The molecule has 0 aliphatic carbocycles. The molecule has 1 heterocycles. The number of benzene rings is 4. The van der Waals surface area contributed by atoms with Gasteiger partial charge < -0.3 is 27.4 Å². The first-order valence-corrected chi connectivity index (χ1v) is 15.4. The molecule has 2 amide bonds. The second kappa shape index (κ2) is 13.9.